The van der Waals surface area contributed by atoms with Crippen LogP contribution in [-0.2, 0) is 6.54 Å². The number of nitrogens with one attached hydrogen (secondary N) is 3. The summed E-state index contributed by atoms with van der Waals surface area (Å²) in [6, 6.07) is 11.9. The number of nitrogens with zero attached hydrogens (tertiary/aromatic N) is 1. The van der Waals surface area contributed by atoms with Crippen LogP contribution in [-0.4, -0.2) is 23.1 Å². The van der Waals surface area contributed by atoms with Gasteiger partial charge >= 0.3 is 6.03 Å². The lowest BCUT2D eigenvalue weighted by Crippen LogP contribution is -2.44. The number of aromatic nitrogens is 1. The molecule has 4 rings (SSSR count). The monoisotopic (exact) mass is 398 g/mol. The number of rotatable bonds is 5. The van der Waals surface area contributed by atoms with Crippen LogP contribution in [0.2, 0.25) is 5.02 Å². The SMILES string of the molecule is O=C(NCc1ccco1)N[C@H]1CC[C@@H](Nc2ccnc3cc(Cl)ccc23)CC1. The minimum Gasteiger partial charge on any atom is -0.467 e. The molecule has 0 bridgehead atoms. The summed E-state index contributed by atoms with van der Waals surface area (Å²) < 4.78 is 5.22. The lowest BCUT2D eigenvalue weighted by atomic mass is 9.91. The third-order valence-corrected chi connectivity index (χ3v) is 5.37. The summed E-state index contributed by atoms with van der Waals surface area (Å²) >= 11 is 6.07. The van der Waals surface area contributed by atoms with Crippen LogP contribution in [0.1, 0.15) is 31.4 Å². The van der Waals surface area contributed by atoms with Crippen molar-refractivity contribution in [1.82, 2.24) is 15.6 Å². The van der Waals surface area contributed by atoms with Crippen molar-refractivity contribution < 1.29 is 9.21 Å². The Kier molecular flexibility index (Phi) is 5.67. The first-order chi connectivity index (χ1) is 13.7. The van der Waals surface area contributed by atoms with Gasteiger partial charge in [-0.1, -0.05) is 11.6 Å². The van der Waals surface area contributed by atoms with Crippen LogP contribution in [0.5, 0.6) is 0 Å². The second kappa shape index (κ2) is 8.52. The molecule has 0 aliphatic heterocycles. The van der Waals surface area contributed by atoms with Crippen LogP contribution < -0.4 is 16.0 Å². The van der Waals surface area contributed by atoms with Gasteiger partial charge in [-0.25, -0.2) is 4.79 Å². The second-order valence-corrected chi connectivity index (χ2v) is 7.56. The minimum atomic E-state index is -0.148. The van der Waals surface area contributed by atoms with E-state index in [0.717, 1.165) is 48.0 Å². The topological polar surface area (TPSA) is 79.2 Å². The molecule has 0 radical (unpaired) electrons. The highest BCUT2D eigenvalue weighted by Gasteiger charge is 2.22. The van der Waals surface area contributed by atoms with Crippen LogP contribution in [0, 0.1) is 0 Å². The zero-order chi connectivity index (χ0) is 19.3. The highest BCUT2D eigenvalue weighted by atomic mass is 35.5. The third-order valence-electron chi connectivity index (χ3n) is 5.13. The number of anilines is 1. The summed E-state index contributed by atoms with van der Waals surface area (Å²) in [5.41, 5.74) is 1.97. The van der Waals surface area contributed by atoms with Gasteiger partial charge < -0.3 is 20.4 Å². The van der Waals surface area contributed by atoms with E-state index in [1.807, 2.05) is 36.4 Å². The van der Waals surface area contributed by atoms with E-state index in [-0.39, 0.29) is 12.1 Å². The van der Waals surface area contributed by atoms with Crippen molar-refractivity contribution in [3.63, 3.8) is 0 Å². The molecule has 6 nitrogen and oxygen atoms in total. The van der Waals surface area contributed by atoms with Gasteiger partial charge in [0.2, 0.25) is 0 Å². The minimum absolute atomic E-state index is 0.148. The van der Waals surface area contributed by atoms with E-state index in [9.17, 15) is 4.79 Å². The first kappa shape index (κ1) is 18.6. The van der Waals surface area contributed by atoms with Gasteiger partial charge in [-0.3, -0.25) is 4.98 Å². The van der Waals surface area contributed by atoms with E-state index in [4.69, 9.17) is 16.0 Å². The van der Waals surface area contributed by atoms with Crippen LogP contribution in [0.15, 0.2) is 53.3 Å². The van der Waals surface area contributed by atoms with Gasteiger partial charge in [0, 0.05) is 34.4 Å². The molecular formula is C21H23ClN4O2. The fourth-order valence-electron chi connectivity index (χ4n) is 3.67. The Labute approximate surface area is 168 Å². The number of halogens is 1. The predicted molar refractivity (Wildman–Crippen MR) is 110 cm³/mol. The fraction of sp³-hybridized carbons (Fsp3) is 0.333. The number of hydrogen-bond donors (Lipinski definition) is 3. The fourth-order valence-corrected chi connectivity index (χ4v) is 3.83. The van der Waals surface area contributed by atoms with Crippen molar-refractivity contribution in [2.24, 2.45) is 0 Å². The molecule has 146 valence electrons. The number of furan rings is 1. The number of pyridine rings is 1. The first-order valence-electron chi connectivity index (χ1n) is 9.55. The summed E-state index contributed by atoms with van der Waals surface area (Å²) in [5, 5.41) is 11.3. The van der Waals surface area contributed by atoms with Crippen molar-refractivity contribution in [2.75, 3.05) is 5.32 Å². The smallest absolute Gasteiger partial charge is 0.315 e. The summed E-state index contributed by atoms with van der Waals surface area (Å²) in [4.78, 5) is 16.4. The van der Waals surface area contributed by atoms with Crippen LogP contribution >= 0.6 is 11.6 Å². The molecule has 1 fully saturated rings. The molecule has 1 saturated carbocycles. The van der Waals surface area contributed by atoms with E-state index < -0.39 is 0 Å². The summed E-state index contributed by atoms with van der Waals surface area (Å²) in [6.45, 7) is 0.398. The van der Waals surface area contributed by atoms with Crippen molar-refractivity contribution in [3.05, 3.63) is 59.6 Å². The molecule has 1 aliphatic carbocycles. The zero-order valence-corrected chi connectivity index (χ0v) is 16.2. The molecule has 0 atom stereocenters. The van der Waals surface area contributed by atoms with E-state index >= 15 is 0 Å². The third kappa shape index (κ3) is 4.57. The summed E-state index contributed by atoms with van der Waals surface area (Å²) in [7, 11) is 0. The van der Waals surface area contributed by atoms with Gasteiger partial charge in [-0.05, 0) is 62.1 Å². The Morgan fingerprint density at radius 3 is 2.75 bits per heavy atom. The maximum atomic E-state index is 12.1. The van der Waals surface area contributed by atoms with E-state index in [0.29, 0.717) is 17.6 Å². The predicted octanol–water partition coefficient (Wildman–Crippen LogP) is 4.70. The average molecular weight is 399 g/mol. The molecule has 3 aromatic rings. The number of benzene rings is 1. The van der Waals surface area contributed by atoms with Gasteiger partial charge in [-0.2, -0.15) is 0 Å². The molecule has 2 heterocycles. The maximum absolute atomic E-state index is 12.1. The van der Waals surface area contributed by atoms with Gasteiger partial charge in [-0.15, -0.1) is 0 Å². The number of carbonyl (C=O) groups excluding carboxylic acids is 1. The molecule has 1 aromatic carbocycles. The average Bonchev–Trinajstić information content (AvgIpc) is 3.21. The van der Waals surface area contributed by atoms with E-state index in [1.54, 1.807) is 12.5 Å². The molecule has 2 aromatic heterocycles. The van der Waals surface area contributed by atoms with Gasteiger partial charge in [0.25, 0.3) is 0 Å². The normalized spacial score (nSPS) is 19.3. The second-order valence-electron chi connectivity index (χ2n) is 7.12. The van der Waals surface area contributed by atoms with Crippen molar-refractivity contribution in [3.8, 4) is 0 Å². The van der Waals surface area contributed by atoms with E-state index in [2.05, 4.69) is 20.9 Å². The Morgan fingerprint density at radius 1 is 1.14 bits per heavy atom. The Balaban J connectivity index is 1.27. The van der Waals surface area contributed by atoms with Gasteiger partial charge in [0.15, 0.2) is 0 Å². The zero-order valence-electron chi connectivity index (χ0n) is 15.5. The summed E-state index contributed by atoms with van der Waals surface area (Å²) in [5.74, 6) is 0.744. The van der Waals surface area contributed by atoms with Crippen LogP contribution in [0.25, 0.3) is 10.9 Å². The maximum Gasteiger partial charge on any atom is 0.315 e. The number of carbonyl (C=O) groups is 1. The number of fused-ring (bicyclic) bond motifs is 1. The number of hydrogen-bond acceptors (Lipinski definition) is 4. The molecule has 0 unspecified atom stereocenters. The lowest BCUT2D eigenvalue weighted by molar-refractivity contribution is 0.230. The molecular weight excluding hydrogens is 376 g/mol. The number of amides is 2. The highest BCUT2D eigenvalue weighted by Crippen LogP contribution is 2.28. The Morgan fingerprint density at radius 2 is 1.96 bits per heavy atom. The molecule has 3 N–H and O–H groups in total. The van der Waals surface area contributed by atoms with Crippen molar-refractivity contribution in [2.45, 2.75) is 44.3 Å². The largest absolute Gasteiger partial charge is 0.467 e. The highest BCUT2D eigenvalue weighted by molar-refractivity contribution is 6.31. The molecule has 28 heavy (non-hydrogen) atoms. The first-order valence-corrected chi connectivity index (χ1v) is 9.93. The van der Waals surface area contributed by atoms with E-state index in [1.165, 1.54) is 0 Å². The Hall–Kier alpha value is -2.73. The van der Waals surface area contributed by atoms with Crippen molar-refractivity contribution in [1.29, 1.82) is 0 Å². The lowest BCUT2D eigenvalue weighted by Gasteiger charge is -2.30. The summed E-state index contributed by atoms with van der Waals surface area (Å²) in [6.07, 6.45) is 7.30. The van der Waals surface area contributed by atoms with Crippen LogP contribution in [0.3, 0.4) is 0 Å². The Bertz CT molecular complexity index is 937. The van der Waals surface area contributed by atoms with Crippen molar-refractivity contribution >= 4 is 34.2 Å². The van der Waals surface area contributed by atoms with Gasteiger partial charge in [0.1, 0.15) is 5.76 Å². The van der Waals surface area contributed by atoms with Gasteiger partial charge in [0.05, 0.1) is 18.3 Å². The standard InChI is InChI=1S/C21H23ClN4O2/c22-14-3-8-18-19(9-10-23-20(18)12-14)25-15-4-6-16(7-5-15)26-21(27)24-13-17-2-1-11-28-17/h1-3,8-12,15-16H,4-7,13H2,(H,23,25)(H2,24,26,27)/t15-,16+. The quantitative estimate of drug-likeness (QED) is 0.581. The molecule has 0 saturated heterocycles. The van der Waals surface area contributed by atoms with Crippen LogP contribution in [0.4, 0.5) is 10.5 Å². The number of urea groups is 1. The molecule has 7 heteroatoms. The molecule has 0 spiro atoms. The molecule has 1 aliphatic rings. The molecule has 2 amide bonds.